The number of amides is 1. The van der Waals surface area contributed by atoms with E-state index in [0.717, 1.165) is 31.4 Å². The zero-order valence-electron chi connectivity index (χ0n) is 10.7. The molecule has 1 fully saturated rings. The number of benzene rings is 1. The molecule has 0 heterocycles. The summed E-state index contributed by atoms with van der Waals surface area (Å²) in [5.74, 6) is 0.384. The number of anilines is 1. The number of hydrogen-bond donors (Lipinski definition) is 1. The third-order valence-corrected chi connectivity index (χ3v) is 3.75. The van der Waals surface area contributed by atoms with Gasteiger partial charge in [-0.3, -0.25) is 4.79 Å². The average Bonchev–Trinajstić information content (AvgIpc) is 2.30. The van der Waals surface area contributed by atoms with Crippen LogP contribution in [0.5, 0.6) is 0 Å². The monoisotopic (exact) mass is 231 g/mol. The summed E-state index contributed by atoms with van der Waals surface area (Å²) in [5.41, 5.74) is 1.33. The highest BCUT2D eigenvalue weighted by Gasteiger charge is 2.30. The summed E-state index contributed by atoms with van der Waals surface area (Å²) in [4.78, 5) is 12.1. The quantitative estimate of drug-likeness (QED) is 0.823. The summed E-state index contributed by atoms with van der Waals surface area (Å²) in [6.07, 6.45) is 4.34. The Morgan fingerprint density at radius 2 is 1.76 bits per heavy atom. The second-order valence-corrected chi connectivity index (χ2v) is 5.79. The molecule has 0 aliphatic heterocycles. The van der Waals surface area contributed by atoms with Gasteiger partial charge in [0.15, 0.2) is 0 Å². The standard InChI is InChI=1S/C15H21NO/c1-15(2)10-8-12(9-11-15)14(17)16-13-6-4-3-5-7-13/h3-7,12H,8-11H2,1-2H3,(H,16,17). The van der Waals surface area contributed by atoms with E-state index in [0.29, 0.717) is 5.41 Å². The van der Waals surface area contributed by atoms with E-state index in [2.05, 4.69) is 19.2 Å². The lowest BCUT2D eigenvalue weighted by molar-refractivity contribution is -0.121. The molecule has 1 saturated carbocycles. The topological polar surface area (TPSA) is 29.1 Å². The van der Waals surface area contributed by atoms with Crippen molar-refractivity contribution in [1.29, 1.82) is 0 Å². The average molecular weight is 231 g/mol. The van der Waals surface area contributed by atoms with Crippen LogP contribution in [-0.4, -0.2) is 5.91 Å². The van der Waals surface area contributed by atoms with E-state index in [9.17, 15) is 4.79 Å². The Labute approximate surface area is 103 Å². The normalized spacial score (nSPS) is 19.9. The first-order valence-corrected chi connectivity index (χ1v) is 6.43. The Hall–Kier alpha value is -1.31. The molecule has 0 radical (unpaired) electrons. The van der Waals surface area contributed by atoms with Gasteiger partial charge in [0.1, 0.15) is 0 Å². The van der Waals surface area contributed by atoms with Crippen LogP contribution in [0, 0.1) is 11.3 Å². The van der Waals surface area contributed by atoms with Crippen molar-refractivity contribution in [2.75, 3.05) is 5.32 Å². The van der Waals surface area contributed by atoms with Gasteiger partial charge in [-0.1, -0.05) is 32.0 Å². The molecule has 1 aliphatic rings. The first-order valence-electron chi connectivity index (χ1n) is 6.43. The maximum Gasteiger partial charge on any atom is 0.227 e. The van der Waals surface area contributed by atoms with E-state index in [4.69, 9.17) is 0 Å². The highest BCUT2D eigenvalue weighted by molar-refractivity contribution is 5.92. The summed E-state index contributed by atoms with van der Waals surface area (Å²) in [6, 6.07) is 9.72. The van der Waals surface area contributed by atoms with Gasteiger partial charge in [-0.2, -0.15) is 0 Å². The van der Waals surface area contributed by atoms with Crippen LogP contribution in [0.2, 0.25) is 0 Å². The van der Waals surface area contributed by atoms with Gasteiger partial charge in [0.05, 0.1) is 0 Å². The van der Waals surface area contributed by atoms with Crippen LogP contribution in [-0.2, 0) is 4.79 Å². The van der Waals surface area contributed by atoms with Gasteiger partial charge in [-0.25, -0.2) is 0 Å². The second-order valence-electron chi connectivity index (χ2n) is 5.79. The molecule has 1 aromatic rings. The SMILES string of the molecule is CC1(C)CCC(C(=O)Nc2ccccc2)CC1. The molecule has 1 aromatic carbocycles. The highest BCUT2D eigenvalue weighted by atomic mass is 16.1. The van der Waals surface area contributed by atoms with Crippen molar-refractivity contribution in [1.82, 2.24) is 0 Å². The van der Waals surface area contributed by atoms with Crippen molar-refractivity contribution >= 4 is 11.6 Å². The number of hydrogen-bond acceptors (Lipinski definition) is 1. The van der Waals surface area contributed by atoms with E-state index >= 15 is 0 Å². The second kappa shape index (κ2) is 4.91. The minimum atomic E-state index is 0.187. The lowest BCUT2D eigenvalue weighted by Crippen LogP contribution is -2.30. The largest absolute Gasteiger partial charge is 0.326 e. The Bertz CT molecular complexity index is 373. The number of nitrogens with one attached hydrogen (secondary N) is 1. The fourth-order valence-electron chi connectivity index (χ4n) is 2.43. The fraction of sp³-hybridized carbons (Fsp3) is 0.533. The number of para-hydroxylation sites is 1. The van der Waals surface area contributed by atoms with E-state index < -0.39 is 0 Å². The van der Waals surface area contributed by atoms with Gasteiger partial charge in [0, 0.05) is 11.6 Å². The Morgan fingerprint density at radius 3 is 2.35 bits per heavy atom. The molecular weight excluding hydrogens is 210 g/mol. The van der Waals surface area contributed by atoms with Crippen molar-refractivity contribution in [2.24, 2.45) is 11.3 Å². The van der Waals surface area contributed by atoms with Gasteiger partial charge in [0.2, 0.25) is 5.91 Å². The summed E-state index contributed by atoms with van der Waals surface area (Å²) in [5, 5.41) is 3.00. The zero-order chi connectivity index (χ0) is 12.3. The zero-order valence-corrected chi connectivity index (χ0v) is 10.7. The Balaban J connectivity index is 1.90. The number of rotatable bonds is 2. The Kier molecular flexibility index (Phi) is 3.51. The van der Waals surface area contributed by atoms with Crippen LogP contribution < -0.4 is 5.32 Å². The van der Waals surface area contributed by atoms with Gasteiger partial charge < -0.3 is 5.32 Å². The fourth-order valence-corrected chi connectivity index (χ4v) is 2.43. The highest BCUT2D eigenvalue weighted by Crippen LogP contribution is 2.38. The molecule has 2 rings (SSSR count). The van der Waals surface area contributed by atoms with Crippen LogP contribution in [0.4, 0.5) is 5.69 Å². The summed E-state index contributed by atoms with van der Waals surface area (Å²) < 4.78 is 0. The smallest absolute Gasteiger partial charge is 0.227 e. The first kappa shape index (κ1) is 12.2. The van der Waals surface area contributed by atoms with Crippen LogP contribution in [0.3, 0.4) is 0 Å². The predicted molar refractivity (Wildman–Crippen MR) is 70.8 cm³/mol. The van der Waals surface area contributed by atoms with Crippen molar-refractivity contribution in [3.05, 3.63) is 30.3 Å². The summed E-state index contributed by atoms with van der Waals surface area (Å²) >= 11 is 0. The summed E-state index contributed by atoms with van der Waals surface area (Å²) in [7, 11) is 0. The molecule has 92 valence electrons. The molecular formula is C15H21NO. The van der Waals surface area contributed by atoms with E-state index in [1.54, 1.807) is 0 Å². The van der Waals surface area contributed by atoms with Gasteiger partial charge in [-0.05, 0) is 43.2 Å². The minimum absolute atomic E-state index is 0.187. The van der Waals surface area contributed by atoms with Gasteiger partial charge >= 0.3 is 0 Å². The van der Waals surface area contributed by atoms with Gasteiger partial charge in [0.25, 0.3) is 0 Å². The van der Waals surface area contributed by atoms with Crippen molar-refractivity contribution in [2.45, 2.75) is 39.5 Å². The maximum atomic E-state index is 12.1. The van der Waals surface area contributed by atoms with E-state index in [1.807, 2.05) is 30.3 Å². The lowest BCUT2D eigenvalue weighted by atomic mass is 9.73. The molecule has 2 heteroatoms. The molecule has 0 spiro atoms. The predicted octanol–water partition coefficient (Wildman–Crippen LogP) is 3.84. The molecule has 0 atom stereocenters. The molecule has 0 saturated heterocycles. The molecule has 1 aliphatic carbocycles. The molecule has 1 amide bonds. The molecule has 0 aromatic heterocycles. The molecule has 0 unspecified atom stereocenters. The van der Waals surface area contributed by atoms with E-state index in [-0.39, 0.29) is 11.8 Å². The minimum Gasteiger partial charge on any atom is -0.326 e. The molecule has 2 nitrogen and oxygen atoms in total. The maximum absolute atomic E-state index is 12.1. The van der Waals surface area contributed by atoms with Crippen LogP contribution in [0.1, 0.15) is 39.5 Å². The number of carbonyl (C=O) groups excluding carboxylic acids is 1. The van der Waals surface area contributed by atoms with Crippen molar-refractivity contribution in [3.63, 3.8) is 0 Å². The van der Waals surface area contributed by atoms with Crippen LogP contribution in [0.25, 0.3) is 0 Å². The van der Waals surface area contributed by atoms with Crippen LogP contribution >= 0.6 is 0 Å². The van der Waals surface area contributed by atoms with Crippen molar-refractivity contribution < 1.29 is 4.79 Å². The van der Waals surface area contributed by atoms with Crippen LogP contribution in [0.15, 0.2) is 30.3 Å². The first-order chi connectivity index (χ1) is 8.07. The summed E-state index contributed by atoms with van der Waals surface area (Å²) in [6.45, 7) is 4.58. The lowest BCUT2D eigenvalue weighted by Gasteiger charge is -2.33. The molecule has 1 N–H and O–H groups in total. The number of carbonyl (C=O) groups is 1. The van der Waals surface area contributed by atoms with E-state index in [1.165, 1.54) is 0 Å². The van der Waals surface area contributed by atoms with Gasteiger partial charge in [-0.15, -0.1) is 0 Å². The van der Waals surface area contributed by atoms with Crippen molar-refractivity contribution in [3.8, 4) is 0 Å². The molecule has 0 bridgehead atoms. The Morgan fingerprint density at radius 1 is 1.18 bits per heavy atom. The molecule has 17 heavy (non-hydrogen) atoms. The third kappa shape index (κ3) is 3.32. The third-order valence-electron chi connectivity index (χ3n) is 3.75.